The van der Waals surface area contributed by atoms with E-state index in [1.807, 2.05) is 30.3 Å². The van der Waals surface area contributed by atoms with Gasteiger partial charge in [-0.2, -0.15) is 0 Å². The normalized spacial score (nSPS) is 8.62. The summed E-state index contributed by atoms with van der Waals surface area (Å²) in [6, 6.07) is 9.73. The predicted octanol–water partition coefficient (Wildman–Crippen LogP) is 1.53. The molecule has 8 heavy (non-hydrogen) atoms. The molecule has 0 aliphatic carbocycles. The summed E-state index contributed by atoms with van der Waals surface area (Å²) in [5.41, 5.74) is 0. The second kappa shape index (κ2) is 3.60. The van der Waals surface area contributed by atoms with E-state index in [2.05, 4.69) is 0 Å². The Morgan fingerprint density at radius 1 is 1.12 bits per heavy atom. The van der Waals surface area contributed by atoms with Crippen molar-refractivity contribution >= 4 is 0 Å². The molecule has 0 bridgehead atoms. The van der Waals surface area contributed by atoms with E-state index in [0.29, 0.717) is 0 Å². The molecule has 0 aliphatic rings. The second-order valence-electron chi connectivity index (χ2n) is 1.39. The molecule has 42 valence electrons. The Morgan fingerprint density at radius 3 is 2.12 bits per heavy atom. The fourth-order valence-corrected chi connectivity index (χ4v) is 0.802. The van der Waals surface area contributed by atoms with Crippen LogP contribution >= 0.6 is 0 Å². The zero-order valence-corrected chi connectivity index (χ0v) is 6.60. The van der Waals surface area contributed by atoms with Crippen LogP contribution in [0.4, 0.5) is 0 Å². The fourth-order valence-electron chi connectivity index (χ4n) is 0.472. The van der Waals surface area contributed by atoms with Gasteiger partial charge in [0.05, 0.1) is 0 Å². The fraction of sp³-hybridized carbons (Fsp3) is 0. The molecule has 0 saturated heterocycles. The van der Waals surface area contributed by atoms with Crippen molar-refractivity contribution in [2.24, 2.45) is 0 Å². The van der Waals surface area contributed by atoms with Crippen LogP contribution in [0.1, 0.15) is 0 Å². The molecule has 0 spiro atoms. The minimum absolute atomic E-state index is 0.934. The summed E-state index contributed by atoms with van der Waals surface area (Å²) in [5.74, 6) is 0.934. The van der Waals surface area contributed by atoms with Crippen molar-refractivity contribution in [1.82, 2.24) is 0 Å². The minimum atomic E-state index is 0.934. The average Bonchev–Trinajstić information content (AvgIpc) is 1.90. The number of para-hydroxylation sites is 1. The van der Waals surface area contributed by atoms with E-state index in [1.165, 1.54) is 47.7 Å². The quantitative estimate of drug-likeness (QED) is 0.729. The molecule has 0 unspecified atom stereocenters. The Labute approximate surface area is 82.5 Å². The van der Waals surface area contributed by atoms with Crippen LogP contribution in [-0.4, -0.2) is 0 Å². The van der Waals surface area contributed by atoms with Gasteiger partial charge in [-0.15, -0.1) is 0 Å². The molecule has 0 radical (unpaired) electrons. The summed E-state index contributed by atoms with van der Waals surface area (Å²) in [4.78, 5) is 0. The Kier molecular flexibility index (Phi) is 3.02. The SMILES string of the molecule is [Eu][O]c1ccccc1. The van der Waals surface area contributed by atoms with Gasteiger partial charge in [-0.3, -0.25) is 0 Å². The van der Waals surface area contributed by atoms with Crippen LogP contribution in [0.25, 0.3) is 0 Å². The first kappa shape index (κ1) is 6.72. The van der Waals surface area contributed by atoms with Gasteiger partial charge >= 0.3 is 83.8 Å². The van der Waals surface area contributed by atoms with E-state index in [4.69, 9.17) is -0.00603 Å². The number of hydrogen-bond donors (Lipinski definition) is 0. The van der Waals surface area contributed by atoms with Crippen LogP contribution in [0.5, 0.6) is 5.75 Å². The van der Waals surface area contributed by atoms with Gasteiger partial charge in [0, 0.05) is 0 Å². The maximum absolute atomic E-state index is 4.97. The first-order valence-electron chi connectivity index (χ1n) is 2.27. The molecule has 2 heteroatoms. The van der Waals surface area contributed by atoms with E-state index in [-0.39, 0.29) is 0 Å². The Balaban J connectivity index is 2.83. The van der Waals surface area contributed by atoms with Crippen LogP contribution in [-0.2, 0) is 0 Å². The molecule has 0 saturated carbocycles. The summed E-state index contributed by atoms with van der Waals surface area (Å²) >= 11 is 1.31. The van der Waals surface area contributed by atoms with E-state index < -0.39 is 0 Å². The van der Waals surface area contributed by atoms with Crippen LogP contribution < -0.4 is -0.00603 Å². The molecule has 0 N–H and O–H groups in total. The van der Waals surface area contributed by atoms with Crippen molar-refractivity contribution in [1.29, 1.82) is 0 Å². The summed E-state index contributed by atoms with van der Waals surface area (Å²) in [7, 11) is 0. The van der Waals surface area contributed by atoms with Crippen molar-refractivity contribution in [3.8, 4) is 5.75 Å². The van der Waals surface area contributed by atoms with Crippen LogP contribution in [0.3, 0.4) is 0 Å². The van der Waals surface area contributed by atoms with Crippen molar-refractivity contribution in [3.05, 3.63) is 30.3 Å². The third kappa shape index (κ3) is 1.84. The maximum atomic E-state index is 4.97. The van der Waals surface area contributed by atoms with Gasteiger partial charge in [-0.25, -0.2) is 0 Å². The van der Waals surface area contributed by atoms with Crippen molar-refractivity contribution in [2.75, 3.05) is 0 Å². The standard InChI is InChI=1S/C6H6O.Eu/c7-6-4-2-1-3-5-6;/h1-5,7H;/q;+1/p-1. The zero-order valence-electron chi connectivity index (χ0n) is 4.17. The molecule has 0 heterocycles. The third-order valence-electron chi connectivity index (χ3n) is 0.832. The molecular formula is C6H5EuO. The average molecular weight is 245 g/mol. The van der Waals surface area contributed by atoms with Crippen molar-refractivity contribution in [3.63, 3.8) is 0 Å². The molecule has 0 aromatic heterocycles. The predicted molar refractivity (Wildman–Crippen MR) is 27.1 cm³/mol. The Bertz CT molecular complexity index is 150. The summed E-state index contributed by atoms with van der Waals surface area (Å²) in [6.45, 7) is 0. The van der Waals surface area contributed by atoms with E-state index in [0.717, 1.165) is 5.75 Å². The number of benzene rings is 1. The molecular weight excluding hydrogens is 240 g/mol. The monoisotopic (exact) mass is 246 g/mol. The summed E-state index contributed by atoms with van der Waals surface area (Å²) in [6.07, 6.45) is 0. The van der Waals surface area contributed by atoms with Crippen LogP contribution in [0, 0.1) is 47.7 Å². The van der Waals surface area contributed by atoms with Gasteiger partial charge in [-0.1, -0.05) is 0 Å². The summed E-state index contributed by atoms with van der Waals surface area (Å²) < 4.78 is 4.97. The van der Waals surface area contributed by atoms with Crippen molar-refractivity contribution < 1.29 is 47.7 Å². The second-order valence-corrected chi connectivity index (χ2v) is 1.89. The Hall–Kier alpha value is 0.604. The third-order valence-corrected chi connectivity index (χ3v) is 1.40. The number of hydrogen-bond acceptors (Lipinski definition) is 1. The van der Waals surface area contributed by atoms with E-state index >= 15 is 0 Å². The van der Waals surface area contributed by atoms with Crippen LogP contribution in [0.15, 0.2) is 30.3 Å². The summed E-state index contributed by atoms with van der Waals surface area (Å²) in [5, 5.41) is 0. The Morgan fingerprint density at radius 2 is 1.75 bits per heavy atom. The van der Waals surface area contributed by atoms with Gasteiger partial charge < -0.3 is 0 Å². The zero-order chi connectivity index (χ0) is 5.82. The first-order chi connectivity index (χ1) is 3.93. The van der Waals surface area contributed by atoms with Crippen LogP contribution in [0.2, 0.25) is 0 Å². The molecule has 0 aliphatic heterocycles. The molecule has 1 nitrogen and oxygen atoms in total. The molecule has 0 fully saturated rings. The molecule has 1 aromatic rings. The van der Waals surface area contributed by atoms with E-state index in [9.17, 15) is 0 Å². The number of rotatable bonds is 1. The van der Waals surface area contributed by atoms with Crippen molar-refractivity contribution in [2.45, 2.75) is 0 Å². The van der Waals surface area contributed by atoms with Gasteiger partial charge in [0.2, 0.25) is 0 Å². The van der Waals surface area contributed by atoms with E-state index in [1.54, 1.807) is 0 Å². The molecule has 0 amide bonds. The van der Waals surface area contributed by atoms with Gasteiger partial charge in [0.25, 0.3) is 0 Å². The molecule has 1 rings (SSSR count). The van der Waals surface area contributed by atoms with Gasteiger partial charge in [-0.05, 0) is 0 Å². The van der Waals surface area contributed by atoms with Gasteiger partial charge in [0.15, 0.2) is 0 Å². The first-order valence-corrected chi connectivity index (χ1v) is 3.26. The molecule has 1 aromatic carbocycles. The molecule has 0 atom stereocenters. The topological polar surface area (TPSA) is 9.23 Å². The van der Waals surface area contributed by atoms with Gasteiger partial charge in [0.1, 0.15) is 0 Å².